The van der Waals surface area contributed by atoms with Gasteiger partial charge in [-0.1, -0.05) is 41.9 Å². The molecule has 0 spiro atoms. The van der Waals surface area contributed by atoms with Gasteiger partial charge in [-0.3, -0.25) is 4.79 Å². The summed E-state index contributed by atoms with van der Waals surface area (Å²) in [4.78, 5) is 28.3. The lowest BCUT2D eigenvalue weighted by molar-refractivity contribution is 0.0525. The van der Waals surface area contributed by atoms with Gasteiger partial charge in [-0.15, -0.1) is 0 Å². The van der Waals surface area contributed by atoms with Crippen LogP contribution in [0.4, 0.5) is 0 Å². The molecule has 1 N–H and O–H groups in total. The number of Topliss-reactive ketones (excluding diaryl/α,β-unsaturated/α-hetero) is 1. The van der Waals surface area contributed by atoms with Crippen molar-refractivity contribution in [2.45, 2.75) is 34.2 Å². The molecule has 7 nitrogen and oxygen atoms in total. The van der Waals surface area contributed by atoms with Crippen LogP contribution in [0, 0.1) is 32.1 Å². The molecule has 3 aromatic rings. The summed E-state index contributed by atoms with van der Waals surface area (Å²) >= 11 is 6.53. The smallest absolute Gasteiger partial charge is 0.340 e. The van der Waals surface area contributed by atoms with Crippen molar-refractivity contribution >= 4 is 29.4 Å². The fraction of sp³-hybridized carbons (Fsp3) is 0.250. The van der Waals surface area contributed by atoms with Crippen LogP contribution >= 0.6 is 11.6 Å². The topological polar surface area (TPSA) is 101 Å². The molecule has 2 aromatic heterocycles. The maximum absolute atomic E-state index is 13.1. The number of aromatic nitrogens is 3. The lowest BCUT2D eigenvalue weighted by Gasteiger charge is -2.04. The minimum absolute atomic E-state index is 0.117. The summed E-state index contributed by atoms with van der Waals surface area (Å²) in [7, 11) is 0. The van der Waals surface area contributed by atoms with E-state index in [1.807, 2.05) is 36.4 Å². The van der Waals surface area contributed by atoms with E-state index in [1.54, 1.807) is 32.4 Å². The van der Waals surface area contributed by atoms with Crippen molar-refractivity contribution in [2.75, 3.05) is 6.61 Å². The molecule has 2 heterocycles. The Labute approximate surface area is 191 Å². The van der Waals surface area contributed by atoms with Crippen LogP contribution in [-0.2, 0) is 11.3 Å². The second-order valence-electron chi connectivity index (χ2n) is 7.28. The second kappa shape index (κ2) is 9.67. The third kappa shape index (κ3) is 4.51. The molecule has 1 aromatic carbocycles. The van der Waals surface area contributed by atoms with Gasteiger partial charge in [-0.05, 0) is 44.9 Å². The number of nitriles is 1. The van der Waals surface area contributed by atoms with E-state index in [0.29, 0.717) is 39.8 Å². The summed E-state index contributed by atoms with van der Waals surface area (Å²) in [6.45, 7) is 7.49. The molecule has 0 saturated heterocycles. The summed E-state index contributed by atoms with van der Waals surface area (Å²) in [6.07, 6.45) is 1.44. The van der Waals surface area contributed by atoms with Crippen LogP contribution in [0.2, 0.25) is 5.15 Å². The molecule has 0 aliphatic carbocycles. The van der Waals surface area contributed by atoms with Crippen LogP contribution in [-0.4, -0.2) is 33.1 Å². The fourth-order valence-corrected chi connectivity index (χ4v) is 3.80. The van der Waals surface area contributed by atoms with E-state index < -0.39 is 11.8 Å². The minimum Gasteiger partial charge on any atom is -0.462 e. The zero-order chi connectivity index (χ0) is 23.4. The Kier molecular flexibility index (Phi) is 6.96. The molecule has 0 unspecified atom stereocenters. The van der Waals surface area contributed by atoms with Gasteiger partial charge in [0.1, 0.15) is 16.8 Å². The van der Waals surface area contributed by atoms with Gasteiger partial charge < -0.3 is 9.72 Å². The maximum atomic E-state index is 13.1. The molecule has 32 heavy (non-hydrogen) atoms. The monoisotopic (exact) mass is 450 g/mol. The third-order valence-electron chi connectivity index (χ3n) is 5.08. The van der Waals surface area contributed by atoms with Gasteiger partial charge in [-0.25, -0.2) is 9.48 Å². The Hall–Kier alpha value is -3.63. The number of nitrogens with zero attached hydrogens (tertiary/aromatic N) is 3. The Morgan fingerprint density at radius 2 is 1.94 bits per heavy atom. The van der Waals surface area contributed by atoms with Gasteiger partial charge in [-0.2, -0.15) is 10.4 Å². The van der Waals surface area contributed by atoms with Gasteiger partial charge >= 0.3 is 5.97 Å². The predicted molar refractivity (Wildman–Crippen MR) is 122 cm³/mol. The molecule has 0 saturated carbocycles. The number of allylic oxidation sites excluding steroid dienone is 1. The van der Waals surface area contributed by atoms with E-state index >= 15 is 0 Å². The summed E-state index contributed by atoms with van der Waals surface area (Å²) in [5, 5.41) is 14.5. The number of aryl methyl sites for hydroxylation is 2. The molecule has 3 rings (SSSR count). The molecular formula is C24H23ClN4O3. The van der Waals surface area contributed by atoms with Crippen molar-refractivity contribution in [3.8, 4) is 6.07 Å². The number of hydrogen-bond donors (Lipinski definition) is 1. The quantitative estimate of drug-likeness (QED) is 0.241. The molecule has 0 aliphatic heterocycles. The number of nitrogens with one attached hydrogen (secondary N) is 1. The highest BCUT2D eigenvalue weighted by molar-refractivity contribution is 6.31. The van der Waals surface area contributed by atoms with Crippen LogP contribution in [0.15, 0.2) is 35.9 Å². The second-order valence-corrected chi connectivity index (χ2v) is 7.64. The highest BCUT2D eigenvalue weighted by Crippen LogP contribution is 2.26. The number of benzene rings is 1. The van der Waals surface area contributed by atoms with Crippen molar-refractivity contribution < 1.29 is 14.3 Å². The number of H-pyrrole nitrogens is 1. The Morgan fingerprint density at radius 1 is 1.25 bits per heavy atom. The first-order chi connectivity index (χ1) is 15.3. The molecule has 0 radical (unpaired) electrons. The summed E-state index contributed by atoms with van der Waals surface area (Å²) in [5.74, 6) is -1.05. The van der Waals surface area contributed by atoms with Gasteiger partial charge in [0.2, 0.25) is 5.78 Å². The maximum Gasteiger partial charge on any atom is 0.340 e. The van der Waals surface area contributed by atoms with Crippen molar-refractivity contribution in [1.82, 2.24) is 14.8 Å². The average Bonchev–Trinajstić information content (AvgIpc) is 3.21. The summed E-state index contributed by atoms with van der Waals surface area (Å²) in [5.41, 5.74) is 3.42. The van der Waals surface area contributed by atoms with Crippen molar-refractivity contribution in [3.63, 3.8) is 0 Å². The molecular weight excluding hydrogens is 428 g/mol. The van der Waals surface area contributed by atoms with Crippen molar-refractivity contribution in [3.05, 3.63) is 80.4 Å². The minimum atomic E-state index is -0.532. The lowest BCUT2D eigenvalue weighted by Crippen LogP contribution is -2.08. The van der Waals surface area contributed by atoms with Crippen LogP contribution < -0.4 is 0 Å². The SMILES string of the molecule is CCOC(=O)c1c(C)[nH]c(C(=O)/C(C#N)=C/c2c(C)nn(Cc3ccccc3)c2Cl)c1C. The molecule has 8 heteroatoms. The van der Waals surface area contributed by atoms with Crippen LogP contribution in [0.1, 0.15) is 55.8 Å². The van der Waals surface area contributed by atoms with Crippen molar-refractivity contribution in [2.24, 2.45) is 0 Å². The summed E-state index contributed by atoms with van der Waals surface area (Å²) < 4.78 is 6.70. The first-order valence-corrected chi connectivity index (χ1v) is 10.5. The highest BCUT2D eigenvalue weighted by atomic mass is 35.5. The number of carbonyl (C=O) groups excluding carboxylic acids is 2. The molecule has 0 fully saturated rings. The first-order valence-electron chi connectivity index (χ1n) is 10.1. The Bertz CT molecular complexity index is 1250. The van der Waals surface area contributed by atoms with Gasteiger partial charge in [0.15, 0.2) is 0 Å². The molecule has 0 aliphatic rings. The van der Waals surface area contributed by atoms with Gasteiger partial charge in [0.05, 0.1) is 30.1 Å². The number of aromatic amines is 1. The predicted octanol–water partition coefficient (Wildman–Crippen LogP) is 4.80. The van der Waals surface area contributed by atoms with Crippen molar-refractivity contribution in [1.29, 1.82) is 5.26 Å². The largest absolute Gasteiger partial charge is 0.462 e. The van der Waals surface area contributed by atoms with E-state index in [-0.39, 0.29) is 17.9 Å². The zero-order valence-electron chi connectivity index (χ0n) is 18.3. The Balaban J connectivity index is 1.97. The number of rotatable bonds is 7. The van der Waals surface area contributed by atoms with Gasteiger partial charge in [0.25, 0.3) is 0 Å². The highest BCUT2D eigenvalue weighted by Gasteiger charge is 2.25. The van der Waals surface area contributed by atoms with Crippen LogP contribution in [0.5, 0.6) is 0 Å². The Morgan fingerprint density at radius 3 is 2.56 bits per heavy atom. The van der Waals surface area contributed by atoms with Crippen LogP contribution in [0.25, 0.3) is 6.08 Å². The van der Waals surface area contributed by atoms with E-state index in [1.165, 1.54) is 6.08 Å². The van der Waals surface area contributed by atoms with E-state index in [4.69, 9.17) is 16.3 Å². The normalized spacial score (nSPS) is 11.3. The lowest BCUT2D eigenvalue weighted by atomic mass is 10.0. The number of halogens is 1. The molecule has 164 valence electrons. The van der Waals surface area contributed by atoms with Crippen LogP contribution in [0.3, 0.4) is 0 Å². The third-order valence-corrected chi connectivity index (χ3v) is 5.48. The zero-order valence-corrected chi connectivity index (χ0v) is 19.1. The molecule has 0 atom stereocenters. The molecule has 0 amide bonds. The van der Waals surface area contributed by atoms with E-state index in [2.05, 4.69) is 10.1 Å². The number of esters is 1. The average molecular weight is 451 g/mol. The molecule has 0 bridgehead atoms. The summed E-state index contributed by atoms with van der Waals surface area (Å²) in [6, 6.07) is 11.7. The van der Waals surface area contributed by atoms with Gasteiger partial charge in [0, 0.05) is 11.3 Å². The van der Waals surface area contributed by atoms with E-state index in [0.717, 1.165) is 5.56 Å². The number of ketones is 1. The first kappa shape index (κ1) is 23.0. The standard InChI is InChI=1S/C24H23ClN4O3/c1-5-32-24(31)20-14(2)21(27-16(20)4)22(30)18(12-26)11-19-15(3)28-29(23(19)25)13-17-9-7-6-8-10-17/h6-11,27H,5,13H2,1-4H3/b18-11+. The number of carbonyl (C=O) groups is 2. The number of hydrogen-bond acceptors (Lipinski definition) is 5. The van der Waals surface area contributed by atoms with E-state index in [9.17, 15) is 14.9 Å². The fourth-order valence-electron chi connectivity index (χ4n) is 3.51. The number of ether oxygens (including phenoxy) is 1.